The first kappa shape index (κ1) is 16.5. The monoisotopic (exact) mass is 358 g/mol. The predicted molar refractivity (Wildman–Crippen MR) is 102 cm³/mol. The number of hydrogen-bond donors (Lipinski definition) is 0. The van der Waals surface area contributed by atoms with Gasteiger partial charge < -0.3 is 0 Å². The van der Waals surface area contributed by atoms with Crippen LogP contribution >= 0.6 is 0 Å². The van der Waals surface area contributed by atoms with E-state index in [9.17, 15) is 10.1 Å². The van der Waals surface area contributed by atoms with Crippen LogP contribution in [0.4, 0.5) is 5.69 Å². The van der Waals surface area contributed by atoms with Crippen molar-refractivity contribution < 1.29 is 4.92 Å². The van der Waals surface area contributed by atoms with Gasteiger partial charge in [-0.25, -0.2) is 0 Å². The Hall–Kier alpha value is -2.67. The predicted octanol–water partition coefficient (Wildman–Crippen LogP) is 5.26. The molecule has 0 amide bonds. The number of non-ortho nitro benzene ring substituents is 1. The Morgan fingerprint density at radius 2 is 1.37 bits per heavy atom. The standard InChI is InChI=1S/C23H22N2O2/c24-14-16-1-3-19(4-2-16)22-10-17-9-18(11-22)13-23(12-17,15-22)20-5-7-21(8-6-20)25(26)27/h1-8,17-18H,9-13,15H2. The molecule has 6 rings (SSSR count). The molecule has 0 N–H and O–H groups in total. The van der Waals surface area contributed by atoms with Crippen LogP contribution in [0.1, 0.15) is 55.2 Å². The highest BCUT2D eigenvalue weighted by Crippen LogP contribution is 2.66. The van der Waals surface area contributed by atoms with Gasteiger partial charge in [0.1, 0.15) is 0 Å². The van der Waals surface area contributed by atoms with Crippen molar-refractivity contribution in [3.8, 4) is 6.07 Å². The normalized spacial score (nSPS) is 33.6. The molecule has 4 saturated carbocycles. The van der Waals surface area contributed by atoms with E-state index in [4.69, 9.17) is 5.26 Å². The van der Waals surface area contributed by atoms with Gasteiger partial charge in [-0.3, -0.25) is 10.1 Å². The van der Waals surface area contributed by atoms with Crippen molar-refractivity contribution in [1.29, 1.82) is 5.26 Å². The Balaban J connectivity index is 1.55. The first-order valence-electron chi connectivity index (χ1n) is 9.78. The van der Waals surface area contributed by atoms with Crippen LogP contribution in [0.25, 0.3) is 0 Å². The molecular formula is C23H22N2O2. The molecule has 0 aliphatic heterocycles. The van der Waals surface area contributed by atoms with Crippen molar-refractivity contribution in [2.45, 2.75) is 49.4 Å². The van der Waals surface area contributed by atoms with E-state index in [0.29, 0.717) is 5.56 Å². The summed E-state index contributed by atoms with van der Waals surface area (Å²) in [6.45, 7) is 0. The molecule has 0 heterocycles. The maximum absolute atomic E-state index is 11.0. The van der Waals surface area contributed by atoms with E-state index >= 15 is 0 Å². The topological polar surface area (TPSA) is 66.9 Å². The molecule has 2 atom stereocenters. The van der Waals surface area contributed by atoms with Gasteiger partial charge in [-0.1, -0.05) is 24.3 Å². The fourth-order valence-corrected chi connectivity index (χ4v) is 6.77. The average molecular weight is 358 g/mol. The number of benzene rings is 2. The lowest BCUT2D eigenvalue weighted by molar-refractivity contribution is -0.384. The molecule has 4 nitrogen and oxygen atoms in total. The molecule has 4 fully saturated rings. The summed E-state index contributed by atoms with van der Waals surface area (Å²) < 4.78 is 0. The second-order valence-electron chi connectivity index (χ2n) is 9.01. The molecule has 2 aromatic carbocycles. The fourth-order valence-electron chi connectivity index (χ4n) is 6.77. The highest BCUT2D eigenvalue weighted by molar-refractivity contribution is 5.42. The zero-order chi connectivity index (χ0) is 18.6. The number of nitro groups is 1. The van der Waals surface area contributed by atoms with Gasteiger partial charge in [-0.05, 0) is 84.5 Å². The van der Waals surface area contributed by atoms with Gasteiger partial charge in [0.05, 0.1) is 16.6 Å². The third-order valence-electron chi connectivity index (χ3n) is 7.38. The maximum atomic E-state index is 11.0. The van der Waals surface area contributed by atoms with Crippen LogP contribution in [0.3, 0.4) is 0 Å². The van der Waals surface area contributed by atoms with Gasteiger partial charge in [0.2, 0.25) is 0 Å². The largest absolute Gasteiger partial charge is 0.269 e. The Morgan fingerprint density at radius 3 is 1.81 bits per heavy atom. The lowest BCUT2D eigenvalue weighted by Crippen LogP contribution is -2.55. The van der Waals surface area contributed by atoms with Crippen molar-refractivity contribution in [2.24, 2.45) is 11.8 Å². The van der Waals surface area contributed by atoms with Crippen molar-refractivity contribution in [1.82, 2.24) is 0 Å². The van der Waals surface area contributed by atoms with Crippen molar-refractivity contribution in [2.75, 3.05) is 0 Å². The Bertz CT molecular complexity index is 926. The molecule has 4 aliphatic carbocycles. The van der Waals surface area contributed by atoms with Crippen LogP contribution in [0.2, 0.25) is 0 Å². The van der Waals surface area contributed by atoms with Crippen molar-refractivity contribution >= 4 is 5.69 Å². The molecule has 0 aromatic heterocycles. The SMILES string of the molecule is N#Cc1ccc(C23CC4CC(C2)CC(c2ccc([N+](=O)[O-])cc2)(C4)C3)cc1. The lowest BCUT2D eigenvalue weighted by atomic mass is 9.42. The van der Waals surface area contributed by atoms with E-state index in [1.54, 1.807) is 12.1 Å². The minimum atomic E-state index is -0.318. The quantitative estimate of drug-likeness (QED) is 0.555. The van der Waals surface area contributed by atoms with Crippen molar-refractivity contribution in [3.63, 3.8) is 0 Å². The summed E-state index contributed by atoms with van der Waals surface area (Å²) in [4.78, 5) is 10.7. The highest BCUT2D eigenvalue weighted by atomic mass is 16.6. The molecule has 4 bridgehead atoms. The van der Waals surface area contributed by atoms with E-state index < -0.39 is 0 Å². The molecule has 0 saturated heterocycles. The summed E-state index contributed by atoms with van der Waals surface area (Å²) in [6.07, 6.45) is 7.34. The number of nitro benzene ring substituents is 1. The summed E-state index contributed by atoms with van der Waals surface area (Å²) in [5, 5.41) is 20.1. The van der Waals surface area contributed by atoms with E-state index in [2.05, 4.69) is 18.2 Å². The number of rotatable bonds is 3. The van der Waals surface area contributed by atoms with Crippen LogP contribution in [-0.4, -0.2) is 4.92 Å². The first-order valence-corrected chi connectivity index (χ1v) is 9.78. The molecule has 4 heteroatoms. The summed E-state index contributed by atoms with van der Waals surface area (Å²) in [7, 11) is 0. The Kier molecular flexibility index (Phi) is 3.46. The second kappa shape index (κ2) is 5.66. The van der Waals surface area contributed by atoms with Gasteiger partial charge in [-0.15, -0.1) is 0 Å². The molecule has 4 aliphatic rings. The lowest BCUT2D eigenvalue weighted by Gasteiger charge is -2.62. The zero-order valence-electron chi connectivity index (χ0n) is 15.2. The molecule has 0 radical (unpaired) electrons. The molecular weight excluding hydrogens is 336 g/mol. The highest BCUT2D eigenvalue weighted by Gasteiger charge is 2.58. The van der Waals surface area contributed by atoms with Crippen LogP contribution < -0.4 is 0 Å². The average Bonchev–Trinajstić information content (AvgIpc) is 2.67. The summed E-state index contributed by atoms with van der Waals surface area (Å²) in [6, 6.07) is 17.8. The second-order valence-corrected chi connectivity index (χ2v) is 9.01. The minimum Gasteiger partial charge on any atom is -0.258 e. The number of nitriles is 1. The van der Waals surface area contributed by atoms with Crippen LogP contribution in [0, 0.1) is 33.3 Å². The van der Waals surface area contributed by atoms with E-state index in [-0.39, 0.29) is 21.4 Å². The maximum Gasteiger partial charge on any atom is 0.269 e. The van der Waals surface area contributed by atoms with Crippen LogP contribution in [0.15, 0.2) is 48.5 Å². The summed E-state index contributed by atoms with van der Waals surface area (Å²) in [5.74, 6) is 1.47. The first-order chi connectivity index (χ1) is 13.0. The van der Waals surface area contributed by atoms with Gasteiger partial charge in [0.15, 0.2) is 0 Å². The van der Waals surface area contributed by atoms with Gasteiger partial charge >= 0.3 is 0 Å². The Morgan fingerprint density at radius 1 is 0.889 bits per heavy atom. The summed E-state index contributed by atoms with van der Waals surface area (Å²) in [5.41, 5.74) is 3.88. The molecule has 0 spiro atoms. The third-order valence-corrected chi connectivity index (χ3v) is 7.38. The number of hydrogen-bond acceptors (Lipinski definition) is 3. The van der Waals surface area contributed by atoms with Gasteiger partial charge in [0.25, 0.3) is 5.69 Å². The number of nitrogens with zero attached hydrogens (tertiary/aromatic N) is 2. The summed E-state index contributed by atoms with van der Waals surface area (Å²) >= 11 is 0. The molecule has 2 unspecified atom stereocenters. The fraction of sp³-hybridized carbons (Fsp3) is 0.435. The van der Waals surface area contributed by atoms with Gasteiger partial charge in [0, 0.05) is 12.1 Å². The van der Waals surface area contributed by atoms with Crippen molar-refractivity contribution in [3.05, 3.63) is 75.3 Å². The zero-order valence-corrected chi connectivity index (χ0v) is 15.2. The van der Waals surface area contributed by atoms with Crippen LogP contribution in [0.5, 0.6) is 0 Å². The van der Waals surface area contributed by atoms with Crippen LogP contribution in [-0.2, 0) is 10.8 Å². The smallest absolute Gasteiger partial charge is 0.258 e. The molecule has 2 aromatic rings. The third kappa shape index (κ3) is 2.49. The minimum absolute atomic E-state index is 0.146. The van der Waals surface area contributed by atoms with E-state index in [1.165, 1.54) is 43.2 Å². The van der Waals surface area contributed by atoms with E-state index in [1.807, 2.05) is 24.3 Å². The molecule has 27 heavy (non-hydrogen) atoms. The van der Waals surface area contributed by atoms with E-state index in [0.717, 1.165) is 18.3 Å². The van der Waals surface area contributed by atoms with Gasteiger partial charge in [-0.2, -0.15) is 5.26 Å². The Labute approximate surface area is 159 Å². The molecule has 136 valence electrons.